The van der Waals surface area contributed by atoms with Crippen molar-refractivity contribution < 1.29 is 19.1 Å². The third kappa shape index (κ3) is 6.11. The quantitative estimate of drug-likeness (QED) is 0.586. The largest absolute Gasteiger partial charge is 0.481 e. The molecule has 2 rings (SSSR count). The van der Waals surface area contributed by atoms with Gasteiger partial charge in [0.1, 0.15) is 12.4 Å². The molecule has 0 amide bonds. The Kier molecular flexibility index (Phi) is 7.40. The van der Waals surface area contributed by atoms with Gasteiger partial charge in [0.15, 0.2) is 0 Å². The first-order chi connectivity index (χ1) is 11.7. The lowest BCUT2D eigenvalue weighted by Gasteiger charge is -1.97. The van der Waals surface area contributed by atoms with Gasteiger partial charge >= 0.3 is 5.97 Å². The number of benzene rings is 1. The second kappa shape index (κ2) is 9.81. The van der Waals surface area contributed by atoms with Gasteiger partial charge < -0.3 is 14.3 Å². The maximum atomic E-state index is 10.3. The summed E-state index contributed by atoms with van der Waals surface area (Å²) in [6.45, 7) is 2.74. The maximum absolute atomic E-state index is 10.3. The number of carbonyl (C=O) groups is 1. The van der Waals surface area contributed by atoms with E-state index in [4.69, 9.17) is 14.3 Å². The van der Waals surface area contributed by atoms with Crippen LogP contribution >= 0.6 is 11.8 Å². The SMILES string of the molecule is Cc1oc(-c2ccccc2)nc1CCOCC#CCSCC(=O)O. The number of rotatable bonds is 8. The van der Waals surface area contributed by atoms with Crippen LogP contribution in [0.5, 0.6) is 0 Å². The van der Waals surface area contributed by atoms with E-state index in [0.29, 0.717) is 31.3 Å². The van der Waals surface area contributed by atoms with Crippen molar-refractivity contribution >= 4 is 17.7 Å². The monoisotopic (exact) mass is 345 g/mol. The number of ether oxygens (including phenoxy) is 1. The van der Waals surface area contributed by atoms with Crippen molar-refractivity contribution in [3.05, 3.63) is 41.8 Å². The summed E-state index contributed by atoms with van der Waals surface area (Å²) in [5.41, 5.74) is 1.84. The summed E-state index contributed by atoms with van der Waals surface area (Å²) in [5, 5.41) is 8.48. The van der Waals surface area contributed by atoms with Gasteiger partial charge in [-0.2, -0.15) is 0 Å². The molecule has 126 valence electrons. The van der Waals surface area contributed by atoms with Gasteiger partial charge in [0.05, 0.1) is 23.8 Å². The fraction of sp³-hybridized carbons (Fsp3) is 0.333. The zero-order valence-electron chi connectivity index (χ0n) is 13.4. The van der Waals surface area contributed by atoms with Crippen molar-refractivity contribution in [3.8, 4) is 23.3 Å². The third-order valence-electron chi connectivity index (χ3n) is 3.10. The number of carboxylic acids is 1. The molecule has 1 N–H and O–H groups in total. The molecule has 0 aliphatic carbocycles. The number of aryl methyl sites for hydroxylation is 1. The van der Waals surface area contributed by atoms with Gasteiger partial charge in [-0.1, -0.05) is 30.0 Å². The molecule has 24 heavy (non-hydrogen) atoms. The molecule has 1 aromatic heterocycles. The normalized spacial score (nSPS) is 10.2. The van der Waals surface area contributed by atoms with Gasteiger partial charge in [0.25, 0.3) is 0 Å². The first-order valence-electron chi connectivity index (χ1n) is 7.51. The van der Waals surface area contributed by atoms with Gasteiger partial charge in [0.2, 0.25) is 5.89 Å². The van der Waals surface area contributed by atoms with E-state index in [-0.39, 0.29) is 5.75 Å². The minimum atomic E-state index is -0.823. The molecular formula is C18H19NO4S. The average molecular weight is 345 g/mol. The number of aliphatic carboxylic acids is 1. The number of thioether (sulfide) groups is 1. The summed E-state index contributed by atoms with van der Waals surface area (Å²) in [4.78, 5) is 14.8. The van der Waals surface area contributed by atoms with E-state index in [1.807, 2.05) is 37.3 Å². The maximum Gasteiger partial charge on any atom is 0.313 e. The molecule has 0 aliphatic heterocycles. The van der Waals surface area contributed by atoms with Crippen LogP contribution in [-0.2, 0) is 16.0 Å². The molecule has 0 saturated carbocycles. The minimum Gasteiger partial charge on any atom is -0.481 e. The summed E-state index contributed by atoms with van der Waals surface area (Å²) in [6, 6.07) is 9.78. The van der Waals surface area contributed by atoms with Crippen LogP contribution in [0.2, 0.25) is 0 Å². The lowest BCUT2D eigenvalue weighted by atomic mass is 10.2. The molecule has 0 radical (unpaired) electrons. The first kappa shape index (κ1) is 18.1. The van der Waals surface area contributed by atoms with Crippen molar-refractivity contribution in [2.24, 2.45) is 0 Å². The topological polar surface area (TPSA) is 72.6 Å². The molecule has 0 saturated heterocycles. The molecule has 6 heteroatoms. The van der Waals surface area contributed by atoms with Crippen LogP contribution in [0.1, 0.15) is 11.5 Å². The van der Waals surface area contributed by atoms with Crippen molar-refractivity contribution in [2.75, 3.05) is 24.7 Å². The van der Waals surface area contributed by atoms with Crippen molar-refractivity contribution in [1.82, 2.24) is 4.98 Å². The number of oxazole rings is 1. The average Bonchev–Trinajstić information content (AvgIpc) is 2.95. The standard InChI is InChI=1S/C18H19NO4S/c1-14-16(19-18(23-14)15-7-3-2-4-8-15)9-11-22-10-5-6-12-24-13-17(20)21/h2-4,7-8H,9-13H2,1H3,(H,20,21). The zero-order valence-corrected chi connectivity index (χ0v) is 14.3. The number of nitrogens with zero attached hydrogens (tertiary/aromatic N) is 1. The minimum absolute atomic E-state index is 0.0741. The highest BCUT2D eigenvalue weighted by Crippen LogP contribution is 2.21. The van der Waals surface area contributed by atoms with Gasteiger partial charge in [0, 0.05) is 12.0 Å². The van der Waals surface area contributed by atoms with E-state index in [1.54, 1.807) is 0 Å². The van der Waals surface area contributed by atoms with Gasteiger partial charge in [-0.05, 0) is 19.1 Å². The van der Waals surface area contributed by atoms with Crippen LogP contribution in [0.25, 0.3) is 11.5 Å². The van der Waals surface area contributed by atoms with Crippen LogP contribution in [0.15, 0.2) is 34.7 Å². The van der Waals surface area contributed by atoms with E-state index in [0.717, 1.165) is 17.0 Å². The van der Waals surface area contributed by atoms with E-state index in [1.165, 1.54) is 11.8 Å². The number of hydrogen-bond acceptors (Lipinski definition) is 5. The Morgan fingerprint density at radius 3 is 2.88 bits per heavy atom. The Morgan fingerprint density at radius 1 is 1.33 bits per heavy atom. The van der Waals surface area contributed by atoms with Crippen LogP contribution < -0.4 is 0 Å². The summed E-state index contributed by atoms with van der Waals surface area (Å²) < 4.78 is 11.2. The Labute approximate surface area is 145 Å². The van der Waals surface area contributed by atoms with Crippen LogP contribution in [0.4, 0.5) is 0 Å². The summed E-state index contributed by atoms with van der Waals surface area (Å²) in [5.74, 6) is 6.90. The van der Waals surface area contributed by atoms with Crippen LogP contribution in [-0.4, -0.2) is 40.8 Å². The van der Waals surface area contributed by atoms with Crippen LogP contribution in [0, 0.1) is 18.8 Å². The predicted octanol–water partition coefficient (Wildman–Crippen LogP) is 3.03. The molecule has 0 spiro atoms. The highest BCUT2D eigenvalue weighted by Gasteiger charge is 2.10. The predicted molar refractivity (Wildman–Crippen MR) is 93.9 cm³/mol. The van der Waals surface area contributed by atoms with Gasteiger partial charge in [-0.25, -0.2) is 4.98 Å². The zero-order chi connectivity index (χ0) is 17.2. The number of aromatic nitrogens is 1. The highest BCUT2D eigenvalue weighted by atomic mass is 32.2. The Hall–Kier alpha value is -2.23. The van der Waals surface area contributed by atoms with E-state index in [2.05, 4.69) is 16.8 Å². The summed E-state index contributed by atoms with van der Waals surface area (Å²) >= 11 is 1.27. The Morgan fingerprint density at radius 2 is 2.12 bits per heavy atom. The van der Waals surface area contributed by atoms with Crippen molar-refractivity contribution in [1.29, 1.82) is 0 Å². The lowest BCUT2D eigenvalue weighted by Crippen LogP contribution is -2.00. The van der Waals surface area contributed by atoms with E-state index < -0.39 is 5.97 Å². The van der Waals surface area contributed by atoms with Crippen molar-refractivity contribution in [3.63, 3.8) is 0 Å². The smallest absolute Gasteiger partial charge is 0.313 e. The number of hydrogen-bond donors (Lipinski definition) is 1. The molecule has 0 bridgehead atoms. The molecular weight excluding hydrogens is 326 g/mol. The Bertz CT molecular complexity index is 716. The molecule has 5 nitrogen and oxygen atoms in total. The Balaban J connectivity index is 1.71. The van der Waals surface area contributed by atoms with Gasteiger partial charge in [-0.3, -0.25) is 4.79 Å². The summed E-state index contributed by atoms with van der Waals surface area (Å²) in [7, 11) is 0. The van der Waals surface area contributed by atoms with Crippen molar-refractivity contribution in [2.45, 2.75) is 13.3 Å². The molecule has 0 unspecified atom stereocenters. The summed E-state index contributed by atoms with van der Waals surface area (Å²) in [6.07, 6.45) is 0.664. The third-order valence-corrected chi connectivity index (χ3v) is 3.90. The highest BCUT2D eigenvalue weighted by molar-refractivity contribution is 8.00. The second-order valence-corrected chi connectivity index (χ2v) is 5.92. The molecule has 1 aromatic carbocycles. The first-order valence-corrected chi connectivity index (χ1v) is 8.67. The molecule has 1 heterocycles. The fourth-order valence-corrected chi connectivity index (χ4v) is 2.43. The van der Waals surface area contributed by atoms with Crippen LogP contribution in [0.3, 0.4) is 0 Å². The fourth-order valence-electron chi connectivity index (χ4n) is 1.95. The molecule has 0 atom stereocenters. The second-order valence-electron chi connectivity index (χ2n) is 4.93. The molecule has 0 fully saturated rings. The van der Waals surface area contributed by atoms with E-state index >= 15 is 0 Å². The van der Waals surface area contributed by atoms with E-state index in [9.17, 15) is 4.79 Å². The molecule has 0 aliphatic rings. The lowest BCUT2D eigenvalue weighted by molar-refractivity contribution is -0.133. The van der Waals surface area contributed by atoms with Gasteiger partial charge in [-0.15, -0.1) is 11.8 Å². The number of carboxylic acid groups (broad SMARTS) is 1. The molecule has 2 aromatic rings.